The third kappa shape index (κ3) is 4.27. The molecule has 0 atom stereocenters. The minimum absolute atomic E-state index is 0.319. The van der Waals surface area contributed by atoms with Crippen LogP contribution >= 0.6 is 15.9 Å². The molecule has 1 N–H and O–H groups in total. The van der Waals surface area contributed by atoms with Crippen LogP contribution in [0.2, 0.25) is 0 Å². The number of sulfonamides is 1. The molecule has 0 aromatic heterocycles. The number of nitrogens with zero attached hydrogens (tertiary/aromatic N) is 1. The van der Waals surface area contributed by atoms with Crippen LogP contribution in [0.3, 0.4) is 0 Å². The molecule has 0 radical (unpaired) electrons. The average molecular weight is 349 g/mol. The van der Waals surface area contributed by atoms with Crippen LogP contribution in [0.15, 0.2) is 27.6 Å². The molecule has 0 saturated carbocycles. The highest BCUT2D eigenvalue weighted by molar-refractivity contribution is 9.10. The van der Waals surface area contributed by atoms with Crippen LogP contribution in [0.1, 0.15) is 26.3 Å². The summed E-state index contributed by atoms with van der Waals surface area (Å²) in [6.07, 6.45) is 0. The van der Waals surface area contributed by atoms with Crippen LogP contribution in [-0.4, -0.2) is 32.4 Å². The summed E-state index contributed by atoms with van der Waals surface area (Å²) in [6.45, 7) is 7.03. The summed E-state index contributed by atoms with van der Waals surface area (Å²) < 4.78 is 26.6. The van der Waals surface area contributed by atoms with Gasteiger partial charge < -0.3 is 5.32 Å². The van der Waals surface area contributed by atoms with Crippen LogP contribution in [0.4, 0.5) is 0 Å². The third-order valence-electron chi connectivity index (χ3n) is 2.84. The summed E-state index contributed by atoms with van der Waals surface area (Å²) in [6, 6.07) is 5.79. The summed E-state index contributed by atoms with van der Waals surface area (Å²) in [5, 5.41) is 3.28. The zero-order valence-electron chi connectivity index (χ0n) is 11.8. The number of hydrogen-bond acceptors (Lipinski definition) is 3. The van der Waals surface area contributed by atoms with Gasteiger partial charge in [-0.3, -0.25) is 0 Å². The lowest BCUT2D eigenvalue weighted by Crippen LogP contribution is -2.27. The van der Waals surface area contributed by atoms with Gasteiger partial charge in [0.25, 0.3) is 0 Å². The molecule has 0 aliphatic heterocycles. The number of halogens is 1. The van der Waals surface area contributed by atoms with Gasteiger partial charge in [-0.05, 0) is 33.6 Å². The number of hydrogen-bond donors (Lipinski definition) is 1. The predicted molar refractivity (Wildman–Crippen MR) is 81.6 cm³/mol. The first-order chi connectivity index (χ1) is 8.78. The third-order valence-corrected chi connectivity index (χ3v) is 5.77. The normalized spacial score (nSPS) is 12.4. The van der Waals surface area contributed by atoms with E-state index in [4.69, 9.17) is 0 Å². The molecule has 0 bridgehead atoms. The topological polar surface area (TPSA) is 49.4 Å². The number of benzene rings is 1. The van der Waals surface area contributed by atoms with Gasteiger partial charge in [-0.1, -0.05) is 26.8 Å². The Morgan fingerprint density at radius 3 is 2.53 bits per heavy atom. The Hall–Kier alpha value is -0.430. The minimum Gasteiger partial charge on any atom is -0.310 e. The van der Waals surface area contributed by atoms with E-state index in [9.17, 15) is 8.42 Å². The van der Waals surface area contributed by atoms with E-state index in [2.05, 4.69) is 35.1 Å². The highest BCUT2D eigenvalue weighted by Gasteiger charge is 2.22. The summed E-state index contributed by atoms with van der Waals surface area (Å²) >= 11 is 3.32. The second-order valence-electron chi connectivity index (χ2n) is 4.72. The predicted octanol–water partition coefficient (Wildman–Crippen LogP) is 2.59. The zero-order valence-corrected chi connectivity index (χ0v) is 14.2. The maximum absolute atomic E-state index is 12.3. The van der Waals surface area contributed by atoms with Gasteiger partial charge in [-0.15, -0.1) is 0 Å². The Kier molecular flexibility index (Phi) is 5.98. The van der Waals surface area contributed by atoms with E-state index in [0.717, 1.165) is 5.56 Å². The monoisotopic (exact) mass is 348 g/mol. The molecule has 1 rings (SSSR count). The molecule has 0 heterocycles. The SMILES string of the molecule is CCN(C)S(=O)(=O)c1cc(CNC(C)C)ccc1Br. The maximum atomic E-state index is 12.3. The van der Waals surface area contributed by atoms with Crippen LogP contribution in [0.5, 0.6) is 0 Å². The van der Waals surface area contributed by atoms with Crippen molar-refractivity contribution in [2.75, 3.05) is 13.6 Å². The van der Waals surface area contributed by atoms with Gasteiger partial charge in [0, 0.05) is 30.7 Å². The van der Waals surface area contributed by atoms with Crippen molar-refractivity contribution in [2.45, 2.75) is 38.3 Å². The summed E-state index contributed by atoms with van der Waals surface area (Å²) in [5.74, 6) is 0. The fourth-order valence-electron chi connectivity index (χ4n) is 1.52. The Balaban J connectivity index is 3.10. The van der Waals surface area contributed by atoms with Gasteiger partial charge in [-0.2, -0.15) is 0 Å². The minimum atomic E-state index is -3.42. The van der Waals surface area contributed by atoms with E-state index in [0.29, 0.717) is 28.5 Å². The highest BCUT2D eigenvalue weighted by Crippen LogP contribution is 2.25. The van der Waals surface area contributed by atoms with Crippen molar-refractivity contribution in [3.8, 4) is 0 Å². The second kappa shape index (κ2) is 6.83. The summed E-state index contributed by atoms with van der Waals surface area (Å²) in [4.78, 5) is 0.319. The first kappa shape index (κ1) is 16.6. The molecule has 0 unspecified atom stereocenters. The molecule has 0 saturated heterocycles. The van der Waals surface area contributed by atoms with E-state index >= 15 is 0 Å². The van der Waals surface area contributed by atoms with Gasteiger partial charge in [0.05, 0.1) is 4.90 Å². The number of nitrogens with one attached hydrogen (secondary N) is 1. The molecule has 4 nitrogen and oxygen atoms in total. The largest absolute Gasteiger partial charge is 0.310 e. The highest BCUT2D eigenvalue weighted by atomic mass is 79.9. The van der Waals surface area contributed by atoms with Crippen molar-refractivity contribution in [2.24, 2.45) is 0 Å². The van der Waals surface area contributed by atoms with Crippen molar-refractivity contribution in [1.29, 1.82) is 0 Å². The molecule has 19 heavy (non-hydrogen) atoms. The van der Waals surface area contributed by atoms with Gasteiger partial charge in [-0.25, -0.2) is 12.7 Å². The molecule has 0 aliphatic rings. The first-order valence-electron chi connectivity index (χ1n) is 6.27. The molecule has 0 amide bonds. The fourth-order valence-corrected chi connectivity index (χ4v) is 3.67. The molecule has 108 valence electrons. The van der Waals surface area contributed by atoms with Gasteiger partial charge >= 0.3 is 0 Å². The van der Waals surface area contributed by atoms with Crippen molar-refractivity contribution in [3.05, 3.63) is 28.2 Å². The van der Waals surface area contributed by atoms with Crippen molar-refractivity contribution >= 4 is 26.0 Å². The molecule has 1 aromatic carbocycles. The van der Waals surface area contributed by atoms with Crippen molar-refractivity contribution in [3.63, 3.8) is 0 Å². The first-order valence-corrected chi connectivity index (χ1v) is 8.50. The fraction of sp³-hybridized carbons (Fsp3) is 0.538. The summed E-state index contributed by atoms with van der Waals surface area (Å²) in [7, 11) is -1.84. The van der Waals surface area contributed by atoms with E-state index in [1.165, 1.54) is 4.31 Å². The smallest absolute Gasteiger partial charge is 0.243 e. The Morgan fingerprint density at radius 1 is 1.37 bits per heavy atom. The molecule has 1 aromatic rings. The van der Waals surface area contributed by atoms with E-state index < -0.39 is 10.0 Å². The lowest BCUT2D eigenvalue weighted by atomic mass is 10.2. The van der Waals surface area contributed by atoms with E-state index in [1.54, 1.807) is 19.2 Å². The van der Waals surface area contributed by atoms with Crippen LogP contribution in [-0.2, 0) is 16.6 Å². The van der Waals surface area contributed by atoms with Gasteiger partial charge in [0.1, 0.15) is 0 Å². The molecule has 0 aliphatic carbocycles. The standard InChI is InChI=1S/C13H21BrN2O2S/c1-5-16(4)19(17,18)13-8-11(6-7-12(13)14)9-15-10(2)3/h6-8,10,15H,5,9H2,1-4H3. The molecule has 6 heteroatoms. The van der Waals surface area contributed by atoms with Crippen molar-refractivity contribution < 1.29 is 8.42 Å². The Bertz CT molecular complexity index is 529. The van der Waals surface area contributed by atoms with Gasteiger partial charge in [0.2, 0.25) is 10.0 Å². The maximum Gasteiger partial charge on any atom is 0.243 e. The second-order valence-corrected chi connectivity index (χ2v) is 7.59. The summed E-state index contributed by atoms with van der Waals surface area (Å²) in [5.41, 5.74) is 0.958. The van der Waals surface area contributed by atoms with Crippen LogP contribution in [0.25, 0.3) is 0 Å². The van der Waals surface area contributed by atoms with Crippen LogP contribution < -0.4 is 5.32 Å². The lowest BCUT2D eigenvalue weighted by Gasteiger charge is -2.17. The molecular weight excluding hydrogens is 328 g/mol. The van der Waals surface area contributed by atoms with Gasteiger partial charge in [0.15, 0.2) is 0 Å². The zero-order chi connectivity index (χ0) is 14.6. The van der Waals surface area contributed by atoms with E-state index in [1.807, 2.05) is 13.0 Å². The Labute approximate surface area is 124 Å². The molecule has 0 spiro atoms. The average Bonchev–Trinajstić information content (AvgIpc) is 2.36. The molecule has 0 fully saturated rings. The Morgan fingerprint density at radius 2 is 2.00 bits per heavy atom. The van der Waals surface area contributed by atoms with Crippen molar-refractivity contribution in [1.82, 2.24) is 9.62 Å². The molecular formula is C13H21BrN2O2S. The lowest BCUT2D eigenvalue weighted by molar-refractivity contribution is 0.485. The number of rotatable bonds is 6. The quantitative estimate of drug-likeness (QED) is 0.859. The van der Waals surface area contributed by atoms with E-state index in [-0.39, 0.29) is 0 Å². The van der Waals surface area contributed by atoms with Crippen LogP contribution in [0, 0.1) is 0 Å².